The summed E-state index contributed by atoms with van der Waals surface area (Å²) in [6.45, 7) is 3.85. The van der Waals surface area contributed by atoms with Crippen molar-refractivity contribution < 1.29 is 14.0 Å². The van der Waals surface area contributed by atoms with Crippen LogP contribution in [0.15, 0.2) is 42.5 Å². The average Bonchev–Trinajstić information content (AvgIpc) is 2.63. The Morgan fingerprint density at radius 3 is 2.30 bits per heavy atom. The summed E-state index contributed by atoms with van der Waals surface area (Å²) < 4.78 is 12.8. The second-order valence-electron chi connectivity index (χ2n) is 6.00. The van der Waals surface area contributed by atoms with E-state index in [2.05, 4.69) is 21.5 Å². The predicted molar refractivity (Wildman–Crippen MR) is 108 cm³/mol. The third kappa shape index (κ3) is 7.02. The van der Waals surface area contributed by atoms with E-state index in [1.165, 1.54) is 24.3 Å². The molecule has 0 saturated heterocycles. The highest BCUT2D eigenvalue weighted by Gasteiger charge is 2.09. The van der Waals surface area contributed by atoms with E-state index in [0.29, 0.717) is 5.69 Å². The smallest absolute Gasteiger partial charge is 0.238 e. The van der Waals surface area contributed by atoms with Crippen LogP contribution in [-0.4, -0.2) is 16.9 Å². The fourth-order valence-corrected chi connectivity index (χ4v) is 2.36. The molecule has 0 fully saturated rings. The van der Waals surface area contributed by atoms with Crippen molar-refractivity contribution in [1.29, 1.82) is 0 Å². The van der Waals surface area contributed by atoms with E-state index >= 15 is 0 Å². The van der Waals surface area contributed by atoms with Crippen LogP contribution in [-0.2, 0) is 9.59 Å². The van der Waals surface area contributed by atoms with Crippen LogP contribution in [0.25, 0.3) is 0 Å². The van der Waals surface area contributed by atoms with Crippen molar-refractivity contribution >= 4 is 40.5 Å². The number of hydrazine groups is 1. The number of thiocarbonyl (C=S) groups is 1. The molecule has 8 heteroatoms. The highest BCUT2D eigenvalue weighted by atomic mass is 32.1. The van der Waals surface area contributed by atoms with E-state index in [0.717, 1.165) is 16.8 Å². The quantitative estimate of drug-likeness (QED) is 0.467. The molecule has 0 atom stereocenters. The van der Waals surface area contributed by atoms with Crippen LogP contribution in [0, 0.1) is 19.7 Å². The molecule has 0 aliphatic heterocycles. The summed E-state index contributed by atoms with van der Waals surface area (Å²) >= 11 is 5.03. The van der Waals surface area contributed by atoms with Gasteiger partial charge in [-0.1, -0.05) is 12.1 Å². The number of halogens is 1. The molecule has 2 rings (SSSR count). The number of anilines is 2. The van der Waals surface area contributed by atoms with Gasteiger partial charge in [0.05, 0.1) is 0 Å². The van der Waals surface area contributed by atoms with Crippen molar-refractivity contribution in [3.8, 4) is 0 Å². The molecule has 0 saturated carbocycles. The molecule has 2 aromatic rings. The summed E-state index contributed by atoms with van der Waals surface area (Å²) in [6.07, 6.45) is 0.0436. The van der Waals surface area contributed by atoms with Gasteiger partial charge < -0.3 is 10.6 Å². The standard InChI is InChI=1S/C19H21FN4O2S/c1-12-3-4-13(2)16(11-12)22-17(25)9-10-18(26)23-24-19(27)21-15-7-5-14(20)6-8-15/h3-8,11H,9-10H2,1-2H3,(H,22,25)(H,23,26)(H2,21,24,27). The van der Waals surface area contributed by atoms with Gasteiger partial charge >= 0.3 is 0 Å². The van der Waals surface area contributed by atoms with Crippen LogP contribution in [0.2, 0.25) is 0 Å². The number of hydrogen-bond donors (Lipinski definition) is 4. The number of benzene rings is 2. The number of rotatable bonds is 5. The Hall–Kier alpha value is -3.00. The lowest BCUT2D eigenvalue weighted by atomic mass is 10.1. The van der Waals surface area contributed by atoms with Gasteiger partial charge in [0, 0.05) is 24.2 Å². The number of carbonyl (C=O) groups excluding carboxylic acids is 2. The summed E-state index contributed by atoms with van der Waals surface area (Å²) in [5.74, 6) is -0.980. The zero-order chi connectivity index (χ0) is 19.8. The molecule has 6 nitrogen and oxygen atoms in total. The maximum Gasteiger partial charge on any atom is 0.238 e. The molecule has 0 unspecified atom stereocenters. The molecular formula is C19H21FN4O2S. The summed E-state index contributed by atoms with van der Waals surface area (Å²) in [5.41, 5.74) is 8.25. The minimum absolute atomic E-state index is 0.00284. The maximum atomic E-state index is 12.8. The highest BCUT2D eigenvalue weighted by molar-refractivity contribution is 7.80. The second-order valence-corrected chi connectivity index (χ2v) is 6.41. The molecule has 0 heterocycles. The van der Waals surface area contributed by atoms with Crippen LogP contribution in [0.1, 0.15) is 24.0 Å². The number of carbonyl (C=O) groups is 2. The lowest BCUT2D eigenvalue weighted by Crippen LogP contribution is -2.43. The van der Waals surface area contributed by atoms with Crippen molar-refractivity contribution in [3.05, 3.63) is 59.4 Å². The van der Waals surface area contributed by atoms with Crippen LogP contribution >= 0.6 is 12.2 Å². The Kier molecular flexibility index (Phi) is 7.25. The van der Waals surface area contributed by atoms with Crippen LogP contribution in [0.4, 0.5) is 15.8 Å². The van der Waals surface area contributed by atoms with Gasteiger partial charge in [-0.15, -0.1) is 0 Å². The van der Waals surface area contributed by atoms with Gasteiger partial charge in [0.2, 0.25) is 11.8 Å². The minimum atomic E-state index is -0.380. The van der Waals surface area contributed by atoms with Crippen molar-refractivity contribution in [2.24, 2.45) is 0 Å². The maximum absolute atomic E-state index is 12.8. The lowest BCUT2D eigenvalue weighted by molar-refractivity contribution is -0.124. The van der Waals surface area contributed by atoms with E-state index in [-0.39, 0.29) is 35.6 Å². The molecule has 0 aliphatic carbocycles. The third-order valence-corrected chi connectivity index (χ3v) is 3.87. The monoisotopic (exact) mass is 388 g/mol. The normalized spacial score (nSPS) is 10.0. The predicted octanol–water partition coefficient (Wildman–Crippen LogP) is 3.18. The molecule has 0 aromatic heterocycles. The molecule has 2 amide bonds. The van der Waals surface area contributed by atoms with Gasteiger partial charge in [-0.25, -0.2) is 4.39 Å². The first-order valence-electron chi connectivity index (χ1n) is 8.32. The number of aryl methyl sites for hydroxylation is 2. The largest absolute Gasteiger partial charge is 0.331 e. The van der Waals surface area contributed by atoms with Gasteiger partial charge in [0.1, 0.15) is 5.82 Å². The van der Waals surface area contributed by atoms with Gasteiger partial charge in [-0.2, -0.15) is 0 Å². The SMILES string of the molecule is Cc1ccc(C)c(NC(=O)CCC(=O)NNC(=S)Nc2ccc(F)cc2)c1. The Bertz CT molecular complexity index is 840. The Morgan fingerprint density at radius 2 is 1.59 bits per heavy atom. The zero-order valence-corrected chi connectivity index (χ0v) is 15.9. The van der Waals surface area contributed by atoms with Crippen molar-refractivity contribution in [1.82, 2.24) is 10.9 Å². The molecule has 27 heavy (non-hydrogen) atoms. The molecule has 142 valence electrons. The van der Waals surface area contributed by atoms with E-state index in [1.807, 2.05) is 32.0 Å². The zero-order valence-electron chi connectivity index (χ0n) is 15.1. The van der Waals surface area contributed by atoms with Crippen LogP contribution < -0.4 is 21.5 Å². The van der Waals surface area contributed by atoms with E-state index in [4.69, 9.17) is 12.2 Å². The Balaban J connectivity index is 1.70. The topological polar surface area (TPSA) is 82.3 Å². The average molecular weight is 388 g/mol. The van der Waals surface area contributed by atoms with Crippen molar-refractivity contribution in [2.45, 2.75) is 26.7 Å². The first kappa shape index (κ1) is 20.3. The van der Waals surface area contributed by atoms with Gasteiger partial charge in [-0.05, 0) is 67.5 Å². The summed E-state index contributed by atoms with van der Waals surface area (Å²) in [5, 5.41) is 5.74. The summed E-state index contributed by atoms with van der Waals surface area (Å²) in [4.78, 5) is 23.8. The summed E-state index contributed by atoms with van der Waals surface area (Å²) in [7, 11) is 0. The second kappa shape index (κ2) is 9.63. The van der Waals surface area contributed by atoms with Crippen molar-refractivity contribution in [2.75, 3.05) is 10.6 Å². The number of nitrogens with one attached hydrogen (secondary N) is 4. The van der Waals surface area contributed by atoms with Crippen molar-refractivity contribution in [3.63, 3.8) is 0 Å². The Labute approximate surface area is 162 Å². The molecule has 0 bridgehead atoms. The lowest BCUT2D eigenvalue weighted by Gasteiger charge is -2.12. The first-order valence-corrected chi connectivity index (χ1v) is 8.73. The third-order valence-electron chi connectivity index (χ3n) is 3.66. The molecule has 4 N–H and O–H groups in total. The van der Waals surface area contributed by atoms with Gasteiger partial charge in [0.15, 0.2) is 5.11 Å². The molecule has 0 spiro atoms. The van der Waals surface area contributed by atoms with Crippen LogP contribution in [0.3, 0.4) is 0 Å². The summed E-state index contributed by atoms with van der Waals surface area (Å²) in [6, 6.07) is 11.4. The van der Waals surface area contributed by atoms with E-state index in [9.17, 15) is 14.0 Å². The number of amides is 2. The molecule has 2 aromatic carbocycles. The van der Waals surface area contributed by atoms with Crippen LogP contribution in [0.5, 0.6) is 0 Å². The van der Waals surface area contributed by atoms with Gasteiger partial charge in [0.25, 0.3) is 0 Å². The highest BCUT2D eigenvalue weighted by Crippen LogP contribution is 2.16. The fourth-order valence-electron chi connectivity index (χ4n) is 2.19. The van der Waals surface area contributed by atoms with Gasteiger partial charge in [-0.3, -0.25) is 20.4 Å². The fraction of sp³-hybridized carbons (Fsp3) is 0.211. The number of hydrogen-bond acceptors (Lipinski definition) is 3. The molecular weight excluding hydrogens is 367 g/mol. The first-order chi connectivity index (χ1) is 12.8. The van der Waals surface area contributed by atoms with E-state index in [1.54, 1.807) is 0 Å². The Morgan fingerprint density at radius 1 is 0.926 bits per heavy atom. The van der Waals surface area contributed by atoms with E-state index < -0.39 is 0 Å². The molecule has 0 radical (unpaired) electrons. The minimum Gasteiger partial charge on any atom is -0.331 e. The molecule has 0 aliphatic rings.